The van der Waals surface area contributed by atoms with Crippen molar-refractivity contribution in [3.05, 3.63) is 70.0 Å². The molecule has 0 saturated carbocycles. The highest BCUT2D eigenvalue weighted by Crippen LogP contribution is 2.29. The Morgan fingerprint density at radius 1 is 1.00 bits per heavy atom. The second kappa shape index (κ2) is 5.00. The van der Waals surface area contributed by atoms with Crippen LogP contribution in [0.3, 0.4) is 0 Å². The molecule has 0 aliphatic carbocycles. The number of nitrogens with two attached hydrogens (primary N) is 1. The number of halogens is 4. The Balaban J connectivity index is 2.51. The summed E-state index contributed by atoms with van der Waals surface area (Å²) in [6, 6.07) is 5.89. The Hall–Kier alpha value is -1.52. The average molecular weight is 272 g/mol. The Bertz CT molecular complexity index is 546. The zero-order chi connectivity index (χ0) is 13.3. The maximum atomic E-state index is 13.6. The lowest BCUT2D eigenvalue weighted by Gasteiger charge is -2.15. The first-order valence-corrected chi connectivity index (χ1v) is 5.52. The van der Waals surface area contributed by atoms with Gasteiger partial charge in [-0.1, -0.05) is 17.7 Å². The van der Waals surface area contributed by atoms with Crippen LogP contribution in [0.4, 0.5) is 13.2 Å². The van der Waals surface area contributed by atoms with E-state index in [9.17, 15) is 13.2 Å². The van der Waals surface area contributed by atoms with Crippen LogP contribution in [-0.4, -0.2) is 0 Å². The van der Waals surface area contributed by atoms with Crippen molar-refractivity contribution in [1.82, 2.24) is 0 Å². The molecule has 0 fully saturated rings. The summed E-state index contributed by atoms with van der Waals surface area (Å²) < 4.78 is 39.8. The van der Waals surface area contributed by atoms with E-state index in [4.69, 9.17) is 17.3 Å². The molecule has 5 heteroatoms. The van der Waals surface area contributed by atoms with E-state index in [0.29, 0.717) is 0 Å². The first-order chi connectivity index (χ1) is 8.49. The van der Waals surface area contributed by atoms with Crippen molar-refractivity contribution < 1.29 is 13.2 Å². The van der Waals surface area contributed by atoms with Gasteiger partial charge in [-0.2, -0.15) is 0 Å². The molecule has 94 valence electrons. The first kappa shape index (κ1) is 12.9. The molecule has 0 radical (unpaired) electrons. The Morgan fingerprint density at radius 3 is 2.17 bits per heavy atom. The summed E-state index contributed by atoms with van der Waals surface area (Å²) in [6.07, 6.45) is 0. The smallest absolute Gasteiger partial charge is 0.129 e. The summed E-state index contributed by atoms with van der Waals surface area (Å²) in [5.41, 5.74) is 5.94. The molecule has 18 heavy (non-hydrogen) atoms. The molecule has 1 atom stereocenters. The lowest BCUT2D eigenvalue weighted by atomic mass is 9.99. The van der Waals surface area contributed by atoms with E-state index < -0.39 is 23.5 Å². The van der Waals surface area contributed by atoms with Crippen LogP contribution in [0.25, 0.3) is 0 Å². The molecule has 0 heterocycles. The summed E-state index contributed by atoms with van der Waals surface area (Å²) in [7, 11) is 0. The van der Waals surface area contributed by atoms with Gasteiger partial charge in [0, 0.05) is 16.7 Å². The van der Waals surface area contributed by atoms with E-state index in [1.54, 1.807) is 0 Å². The van der Waals surface area contributed by atoms with Gasteiger partial charge < -0.3 is 5.73 Å². The molecule has 0 aliphatic heterocycles. The zero-order valence-electron chi connectivity index (χ0n) is 9.13. The topological polar surface area (TPSA) is 26.0 Å². The minimum absolute atomic E-state index is 0.0177. The quantitative estimate of drug-likeness (QED) is 0.883. The highest BCUT2D eigenvalue weighted by molar-refractivity contribution is 6.31. The van der Waals surface area contributed by atoms with E-state index in [1.807, 2.05) is 0 Å². The second-order valence-electron chi connectivity index (χ2n) is 3.82. The van der Waals surface area contributed by atoms with Crippen LogP contribution in [0.15, 0.2) is 36.4 Å². The van der Waals surface area contributed by atoms with Crippen molar-refractivity contribution in [2.24, 2.45) is 5.73 Å². The highest BCUT2D eigenvalue weighted by Gasteiger charge is 2.18. The van der Waals surface area contributed by atoms with Crippen LogP contribution in [0.2, 0.25) is 5.02 Å². The number of rotatable bonds is 2. The van der Waals surface area contributed by atoms with Crippen molar-refractivity contribution in [3.8, 4) is 0 Å². The van der Waals surface area contributed by atoms with Gasteiger partial charge in [0.2, 0.25) is 0 Å². The van der Waals surface area contributed by atoms with Gasteiger partial charge in [-0.25, -0.2) is 13.2 Å². The Kier molecular flexibility index (Phi) is 3.59. The van der Waals surface area contributed by atoms with Gasteiger partial charge in [-0.15, -0.1) is 0 Å². The third-order valence-corrected chi connectivity index (χ3v) is 2.88. The molecule has 0 saturated heterocycles. The van der Waals surface area contributed by atoms with Crippen LogP contribution >= 0.6 is 11.6 Å². The van der Waals surface area contributed by atoms with Gasteiger partial charge in [0.05, 0.1) is 6.04 Å². The maximum Gasteiger partial charge on any atom is 0.129 e. The molecule has 0 spiro atoms. The van der Waals surface area contributed by atoms with Crippen LogP contribution in [-0.2, 0) is 0 Å². The van der Waals surface area contributed by atoms with Gasteiger partial charge in [0.25, 0.3) is 0 Å². The fraction of sp³-hybridized carbons (Fsp3) is 0.0769. The van der Waals surface area contributed by atoms with Crippen LogP contribution in [0, 0.1) is 17.5 Å². The lowest BCUT2D eigenvalue weighted by molar-refractivity contribution is 0.571. The van der Waals surface area contributed by atoms with Gasteiger partial charge in [0.1, 0.15) is 17.5 Å². The zero-order valence-corrected chi connectivity index (χ0v) is 9.89. The van der Waals surface area contributed by atoms with Crippen LogP contribution in [0.5, 0.6) is 0 Å². The molecule has 2 rings (SSSR count). The van der Waals surface area contributed by atoms with E-state index >= 15 is 0 Å². The van der Waals surface area contributed by atoms with Crippen molar-refractivity contribution in [1.29, 1.82) is 0 Å². The van der Waals surface area contributed by atoms with E-state index in [-0.39, 0.29) is 16.1 Å². The van der Waals surface area contributed by atoms with Gasteiger partial charge in [0.15, 0.2) is 0 Å². The van der Waals surface area contributed by atoms with Gasteiger partial charge >= 0.3 is 0 Å². The molecular formula is C13H9ClF3N. The summed E-state index contributed by atoms with van der Waals surface area (Å²) in [6.45, 7) is 0. The van der Waals surface area contributed by atoms with E-state index in [0.717, 1.165) is 18.2 Å². The molecule has 2 aromatic carbocycles. The molecule has 1 nitrogen and oxygen atoms in total. The van der Waals surface area contributed by atoms with Crippen molar-refractivity contribution in [2.75, 3.05) is 0 Å². The Labute approximate surface area is 107 Å². The fourth-order valence-corrected chi connectivity index (χ4v) is 2.01. The van der Waals surface area contributed by atoms with Crippen LogP contribution in [0.1, 0.15) is 17.2 Å². The van der Waals surface area contributed by atoms with Crippen LogP contribution < -0.4 is 5.73 Å². The molecule has 0 aliphatic rings. The number of benzene rings is 2. The predicted octanol–water partition coefficient (Wildman–Crippen LogP) is 3.81. The summed E-state index contributed by atoms with van der Waals surface area (Å²) in [4.78, 5) is 0. The molecule has 0 aromatic heterocycles. The fourth-order valence-electron chi connectivity index (χ4n) is 1.73. The second-order valence-corrected chi connectivity index (χ2v) is 4.22. The minimum Gasteiger partial charge on any atom is -0.320 e. The third kappa shape index (κ3) is 2.49. The van der Waals surface area contributed by atoms with Crippen molar-refractivity contribution in [3.63, 3.8) is 0 Å². The Morgan fingerprint density at radius 2 is 1.61 bits per heavy atom. The highest BCUT2D eigenvalue weighted by atomic mass is 35.5. The SMILES string of the molecule is NC(c1cc(F)cc(F)c1)c1c(F)cccc1Cl. The molecule has 1 unspecified atom stereocenters. The normalized spacial score (nSPS) is 12.5. The molecule has 0 amide bonds. The van der Waals surface area contributed by atoms with E-state index in [2.05, 4.69) is 0 Å². The monoisotopic (exact) mass is 271 g/mol. The largest absolute Gasteiger partial charge is 0.320 e. The number of hydrogen-bond acceptors (Lipinski definition) is 1. The minimum atomic E-state index is -1.02. The molecule has 0 bridgehead atoms. The first-order valence-electron chi connectivity index (χ1n) is 5.14. The van der Waals surface area contributed by atoms with Gasteiger partial charge in [-0.3, -0.25) is 0 Å². The lowest BCUT2D eigenvalue weighted by Crippen LogP contribution is -2.14. The predicted molar refractivity (Wildman–Crippen MR) is 63.8 cm³/mol. The summed E-state index contributed by atoms with van der Waals surface area (Å²) in [5, 5.41) is 0.118. The van der Waals surface area contributed by atoms with Crippen molar-refractivity contribution in [2.45, 2.75) is 6.04 Å². The van der Waals surface area contributed by atoms with E-state index in [1.165, 1.54) is 18.2 Å². The third-order valence-electron chi connectivity index (χ3n) is 2.55. The van der Waals surface area contributed by atoms with Crippen molar-refractivity contribution >= 4 is 11.6 Å². The molecule has 2 aromatic rings. The average Bonchev–Trinajstić information content (AvgIpc) is 2.27. The summed E-state index contributed by atoms with van der Waals surface area (Å²) >= 11 is 5.85. The van der Waals surface area contributed by atoms with Gasteiger partial charge in [-0.05, 0) is 29.8 Å². The standard InChI is InChI=1S/C13H9ClF3N/c14-10-2-1-3-11(17)12(10)13(18)7-4-8(15)6-9(16)5-7/h1-6,13H,18H2. The molecular weight excluding hydrogens is 263 g/mol. The number of hydrogen-bond donors (Lipinski definition) is 1. The maximum absolute atomic E-state index is 13.6. The summed E-state index contributed by atoms with van der Waals surface area (Å²) in [5.74, 6) is -2.15. The molecule has 2 N–H and O–H groups in total.